The molecule has 2 nitrogen and oxygen atoms in total. The summed E-state index contributed by atoms with van der Waals surface area (Å²) >= 11 is 0. The maximum absolute atomic E-state index is 11.4. The van der Waals surface area contributed by atoms with Gasteiger partial charge in [-0.05, 0) is 35.8 Å². The van der Waals surface area contributed by atoms with Crippen LogP contribution in [-0.2, 0) is 10.3 Å². The van der Waals surface area contributed by atoms with Crippen LogP contribution in [-0.4, -0.2) is 5.91 Å². The molecule has 2 heteroatoms. The summed E-state index contributed by atoms with van der Waals surface area (Å²) in [6.45, 7) is 3.89. The Balaban J connectivity index is 2.14. The molecule has 2 bridgehead atoms. The third-order valence-electron chi connectivity index (χ3n) is 4.47. The van der Waals surface area contributed by atoms with Gasteiger partial charge in [-0.3, -0.25) is 4.79 Å². The number of amides is 1. The molecule has 3 rings (SSSR count). The second-order valence-electron chi connectivity index (χ2n) is 5.17. The maximum Gasteiger partial charge on any atom is 0.217 e. The molecular formula is C14H17NO. The molecule has 0 radical (unpaired) electrons. The second kappa shape index (κ2) is 3.09. The highest BCUT2D eigenvalue weighted by atomic mass is 16.1. The average molecular weight is 215 g/mol. The summed E-state index contributed by atoms with van der Waals surface area (Å²) < 4.78 is 0. The minimum absolute atomic E-state index is 0.0763. The molecule has 2 aliphatic rings. The van der Waals surface area contributed by atoms with E-state index in [-0.39, 0.29) is 11.4 Å². The van der Waals surface area contributed by atoms with Gasteiger partial charge in [0.25, 0.3) is 0 Å². The zero-order valence-corrected chi connectivity index (χ0v) is 9.79. The molecule has 2 aliphatic carbocycles. The molecule has 0 aliphatic heterocycles. The monoisotopic (exact) mass is 215 g/mol. The van der Waals surface area contributed by atoms with Crippen LogP contribution in [0.3, 0.4) is 0 Å². The van der Waals surface area contributed by atoms with Gasteiger partial charge in [0.15, 0.2) is 0 Å². The maximum atomic E-state index is 11.4. The fourth-order valence-electron chi connectivity index (χ4n) is 3.79. The first-order valence-electron chi connectivity index (χ1n) is 6.03. The molecule has 84 valence electrons. The fraction of sp³-hybridized carbons (Fsp3) is 0.500. The normalized spacial score (nSPS) is 34.9. The van der Waals surface area contributed by atoms with Crippen molar-refractivity contribution in [1.29, 1.82) is 0 Å². The average Bonchev–Trinajstić information content (AvgIpc) is 2.68. The second-order valence-corrected chi connectivity index (χ2v) is 5.17. The minimum Gasteiger partial charge on any atom is -0.347 e. The quantitative estimate of drug-likeness (QED) is 0.766. The molecule has 0 aromatic heterocycles. The van der Waals surface area contributed by atoms with Crippen molar-refractivity contribution < 1.29 is 4.79 Å². The van der Waals surface area contributed by atoms with Crippen LogP contribution in [0, 0.1) is 5.92 Å². The number of carbonyl (C=O) groups is 1. The van der Waals surface area contributed by atoms with E-state index in [1.165, 1.54) is 17.5 Å². The van der Waals surface area contributed by atoms with Gasteiger partial charge in [0.05, 0.1) is 5.54 Å². The van der Waals surface area contributed by atoms with E-state index in [0.29, 0.717) is 11.8 Å². The Kier molecular flexibility index (Phi) is 1.91. The fourth-order valence-corrected chi connectivity index (χ4v) is 3.79. The Bertz CT molecular complexity index is 454. The number of fused-ring (bicyclic) bond motifs is 5. The predicted octanol–water partition coefficient (Wildman–Crippen LogP) is 2.55. The molecule has 16 heavy (non-hydrogen) atoms. The molecule has 1 N–H and O–H groups in total. The zero-order valence-electron chi connectivity index (χ0n) is 9.79. The van der Waals surface area contributed by atoms with Crippen molar-refractivity contribution in [3.63, 3.8) is 0 Å². The van der Waals surface area contributed by atoms with E-state index >= 15 is 0 Å². The topological polar surface area (TPSA) is 29.1 Å². The van der Waals surface area contributed by atoms with Gasteiger partial charge in [0, 0.05) is 6.92 Å². The Morgan fingerprint density at radius 1 is 1.44 bits per heavy atom. The lowest BCUT2D eigenvalue weighted by Crippen LogP contribution is -2.45. The van der Waals surface area contributed by atoms with Gasteiger partial charge in [0.2, 0.25) is 5.91 Å². The van der Waals surface area contributed by atoms with Crippen LogP contribution in [0.25, 0.3) is 0 Å². The van der Waals surface area contributed by atoms with E-state index in [9.17, 15) is 4.79 Å². The van der Waals surface area contributed by atoms with Crippen LogP contribution >= 0.6 is 0 Å². The molecule has 1 aromatic rings. The Labute approximate surface area is 96.1 Å². The number of nitrogens with one attached hydrogen (secondary N) is 1. The SMILES string of the molecule is CC(=O)NC12CCC(c3ccccc31)C2C. The molecule has 0 heterocycles. The molecule has 3 atom stereocenters. The molecular weight excluding hydrogens is 198 g/mol. The van der Waals surface area contributed by atoms with Crippen molar-refractivity contribution in [2.45, 2.75) is 38.1 Å². The van der Waals surface area contributed by atoms with E-state index in [4.69, 9.17) is 0 Å². The summed E-state index contributed by atoms with van der Waals surface area (Å²) in [5.74, 6) is 1.26. The number of rotatable bonds is 1. The summed E-state index contributed by atoms with van der Waals surface area (Å²) in [4.78, 5) is 11.4. The van der Waals surface area contributed by atoms with E-state index in [1.807, 2.05) is 0 Å². The van der Waals surface area contributed by atoms with Crippen LogP contribution in [0.2, 0.25) is 0 Å². The van der Waals surface area contributed by atoms with Gasteiger partial charge in [-0.25, -0.2) is 0 Å². The molecule has 0 saturated heterocycles. The lowest BCUT2D eigenvalue weighted by atomic mass is 9.84. The summed E-state index contributed by atoms with van der Waals surface area (Å²) in [5.41, 5.74) is 2.73. The summed E-state index contributed by atoms with van der Waals surface area (Å²) in [6, 6.07) is 8.59. The lowest BCUT2D eigenvalue weighted by Gasteiger charge is -2.32. The minimum atomic E-state index is -0.0763. The predicted molar refractivity (Wildman–Crippen MR) is 63.1 cm³/mol. The Hall–Kier alpha value is -1.31. The molecule has 1 amide bonds. The van der Waals surface area contributed by atoms with Crippen LogP contribution in [0.15, 0.2) is 24.3 Å². The van der Waals surface area contributed by atoms with Crippen LogP contribution < -0.4 is 5.32 Å². The summed E-state index contributed by atoms with van der Waals surface area (Å²) in [7, 11) is 0. The Morgan fingerprint density at radius 3 is 2.94 bits per heavy atom. The number of hydrogen-bond donors (Lipinski definition) is 1. The van der Waals surface area contributed by atoms with E-state index in [0.717, 1.165) is 6.42 Å². The lowest BCUT2D eigenvalue weighted by molar-refractivity contribution is -0.121. The third kappa shape index (κ3) is 1.05. The first-order valence-corrected chi connectivity index (χ1v) is 6.03. The molecule has 1 fully saturated rings. The summed E-state index contributed by atoms with van der Waals surface area (Å²) in [6.07, 6.45) is 2.30. The highest BCUT2D eigenvalue weighted by Gasteiger charge is 2.54. The van der Waals surface area contributed by atoms with Crippen molar-refractivity contribution in [2.75, 3.05) is 0 Å². The van der Waals surface area contributed by atoms with Crippen LogP contribution in [0.5, 0.6) is 0 Å². The van der Waals surface area contributed by atoms with Crippen molar-refractivity contribution in [1.82, 2.24) is 5.32 Å². The molecule has 1 saturated carbocycles. The first kappa shape index (κ1) is 9.88. The highest BCUT2D eigenvalue weighted by molar-refractivity contribution is 5.75. The number of carbonyl (C=O) groups excluding carboxylic acids is 1. The van der Waals surface area contributed by atoms with Gasteiger partial charge >= 0.3 is 0 Å². The van der Waals surface area contributed by atoms with Crippen molar-refractivity contribution in [3.05, 3.63) is 35.4 Å². The van der Waals surface area contributed by atoms with Gasteiger partial charge in [-0.2, -0.15) is 0 Å². The van der Waals surface area contributed by atoms with E-state index < -0.39 is 0 Å². The summed E-state index contributed by atoms with van der Waals surface area (Å²) in [5, 5.41) is 3.21. The largest absolute Gasteiger partial charge is 0.347 e. The smallest absolute Gasteiger partial charge is 0.217 e. The first-order chi connectivity index (χ1) is 7.65. The van der Waals surface area contributed by atoms with Gasteiger partial charge in [-0.15, -0.1) is 0 Å². The van der Waals surface area contributed by atoms with Crippen LogP contribution in [0.1, 0.15) is 43.7 Å². The third-order valence-corrected chi connectivity index (χ3v) is 4.47. The van der Waals surface area contributed by atoms with Crippen LogP contribution in [0.4, 0.5) is 0 Å². The highest BCUT2D eigenvalue weighted by Crippen LogP contribution is 2.59. The van der Waals surface area contributed by atoms with Gasteiger partial charge in [0.1, 0.15) is 0 Å². The van der Waals surface area contributed by atoms with Crippen molar-refractivity contribution in [2.24, 2.45) is 5.92 Å². The molecule has 1 aromatic carbocycles. The standard InChI is InChI=1S/C14H17NO/c1-9-11-7-8-14(9,15-10(2)16)13-6-4-3-5-12(11)13/h3-6,9,11H,7-8H2,1-2H3,(H,15,16). The van der Waals surface area contributed by atoms with Gasteiger partial charge in [-0.1, -0.05) is 31.2 Å². The Morgan fingerprint density at radius 2 is 2.19 bits per heavy atom. The van der Waals surface area contributed by atoms with E-state index in [2.05, 4.69) is 36.5 Å². The molecule has 0 spiro atoms. The number of benzene rings is 1. The molecule has 3 unspecified atom stereocenters. The zero-order chi connectivity index (χ0) is 11.3. The van der Waals surface area contributed by atoms with Gasteiger partial charge < -0.3 is 5.32 Å². The number of hydrogen-bond acceptors (Lipinski definition) is 1. The van der Waals surface area contributed by atoms with Crippen molar-refractivity contribution >= 4 is 5.91 Å². The van der Waals surface area contributed by atoms with Crippen molar-refractivity contribution in [3.8, 4) is 0 Å². The van der Waals surface area contributed by atoms with E-state index in [1.54, 1.807) is 6.92 Å².